The van der Waals surface area contributed by atoms with Crippen molar-refractivity contribution in [2.24, 2.45) is 5.92 Å². The van der Waals surface area contributed by atoms with Crippen LogP contribution in [-0.4, -0.2) is 37.4 Å². The third kappa shape index (κ3) is 5.08. The Kier molecular flexibility index (Phi) is 6.27. The molecule has 1 amide bonds. The molecule has 1 aromatic heterocycles. The standard InChI is InChI=1S/C23H24N4O3S/c28-23(18-10-14-27(15-11-18)22-16-24-12-13-25-22)26-21-9-5-4-6-19(21)17-31(29,30)20-7-2-1-3-8-20/h1-9,12-13,16,18H,10-11,14-15,17H2,(H,26,28). The highest BCUT2D eigenvalue weighted by Gasteiger charge is 2.26. The molecule has 0 bridgehead atoms. The Labute approximate surface area is 182 Å². The zero-order valence-corrected chi connectivity index (χ0v) is 17.8. The average molecular weight is 437 g/mol. The maximum atomic E-state index is 12.9. The minimum Gasteiger partial charge on any atom is -0.355 e. The first kappa shape index (κ1) is 21.0. The summed E-state index contributed by atoms with van der Waals surface area (Å²) >= 11 is 0. The number of para-hydroxylation sites is 1. The van der Waals surface area contributed by atoms with E-state index in [0.29, 0.717) is 24.1 Å². The molecule has 0 saturated carbocycles. The molecule has 0 aliphatic carbocycles. The molecule has 0 radical (unpaired) electrons. The minimum absolute atomic E-state index is 0.0802. The van der Waals surface area contributed by atoms with Crippen molar-refractivity contribution < 1.29 is 13.2 Å². The van der Waals surface area contributed by atoms with Crippen molar-refractivity contribution in [3.63, 3.8) is 0 Å². The van der Waals surface area contributed by atoms with Crippen molar-refractivity contribution in [2.45, 2.75) is 23.5 Å². The zero-order valence-electron chi connectivity index (χ0n) is 17.0. The summed E-state index contributed by atoms with van der Waals surface area (Å²) in [6, 6.07) is 15.4. The number of aromatic nitrogens is 2. The number of amides is 1. The molecular weight excluding hydrogens is 412 g/mol. The van der Waals surface area contributed by atoms with E-state index in [1.165, 1.54) is 0 Å². The van der Waals surface area contributed by atoms with Gasteiger partial charge < -0.3 is 10.2 Å². The number of carbonyl (C=O) groups is 1. The van der Waals surface area contributed by atoms with Gasteiger partial charge in [-0.25, -0.2) is 13.4 Å². The topological polar surface area (TPSA) is 92.3 Å². The van der Waals surface area contributed by atoms with E-state index in [0.717, 1.165) is 18.9 Å². The van der Waals surface area contributed by atoms with E-state index in [-0.39, 0.29) is 22.5 Å². The number of carbonyl (C=O) groups excluding carboxylic acids is 1. The zero-order chi connectivity index (χ0) is 21.7. The Morgan fingerprint density at radius 2 is 1.71 bits per heavy atom. The predicted octanol–water partition coefficient (Wildman–Crippen LogP) is 3.31. The van der Waals surface area contributed by atoms with Crippen LogP contribution in [0.1, 0.15) is 18.4 Å². The van der Waals surface area contributed by atoms with E-state index >= 15 is 0 Å². The fourth-order valence-electron chi connectivity index (χ4n) is 3.74. The van der Waals surface area contributed by atoms with Crippen molar-refractivity contribution >= 4 is 27.2 Å². The van der Waals surface area contributed by atoms with E-state index in [4.69, 9.17) is 0 Å². The number of nitrogens with zero attached hydrogens (tertiary/aromatic N) is 3. The van der Waals surface area contributed by atoms with Gasteiger partial charge in [-0.15, -0.1) is 0 Å². The van der Waals surface area contributed by atoms with Crippen LogP contribution >= 0.6 is 0 Å². The van der Waals surface area contributed by atoms with Gasteiger partial charge in [0.25, 0.3) is 0 Å². The number of sulfone groups is 1. The van der Waals surface area contributed by atoms with Crippen LogP contribution in [0.4, 0.5) is 11.5 Å². The first-order chi connectivity index (χ1) is 15.0. The summed E-state index contributed by atoms with van der Waals surface area (Å²) in [4.78, 5) is 23.7. The maximum Gasteiger partial charge on any atom is 0.227 e. The van der Waals surface area contributed by atoms with Crippen molar-refractivity contribution in [3.05, 3.63) is 78.8 Å². The van der Waals surface area contributed by atoms with Crippen LogP contribution < -0.4 is 10.2 Å². The van der Waals surface area contributed by atoms with Crippen LogP contribution in [-0.2, 0) is 20.4 Å². The van der Waals surface area contributed by atoms with Crippen molar-refractivity contribution in [1.29, 1.82) is 0 Å². The molecule has 160 valence electrons. The SMILES string of the molecule is O=C(Nc1ccccc1CS(=O)(=O)c1ccccc1)C1CCN(c2cnccn2)CC1. The Morgan fingerprint density at radius 3 is 2.42 bits per heavy atom. The van der Waals surface area contributed by atoms with Crippen molar-refractivity contribution in [3.8, 4) is 0 Å². The third-order valence-corrected chi connectivity index (χ3v) is 7.14. The highest BCUT2D eigenvalue weighted by atomic mass is 32.2. The summed E-state index contributed by atoms with van der Waals surface area (Å²) in [7, 11) is -3.51. The number of benzene rings is 2. The van der Waals surface area contributed by atoms with Gasteiger partial charge in [-0.1, -0.05) is 36.4 Å². The maximum absolute atomic E-state index is 12.9. The molecule has 8 heteroatoms. The van der Waals surface area contributed by atoms with Gasteiger partial charge in [-0.05, 0) is 36.6 Å². The second-order valence-corrected chi connectivity index (χ2v) is 9.53. The van der Waals surface area contributed by atoms with E-state index < -0.39 is 9.84 Å². The van der Waals surface area contributed by atoms with Gasteiger partial charge in [-0.3, -0.25) is 9.78 Å². The molecule has 0 unspecified atom stereocenters. The summed E-state index contributed by atoms with van der Waals surface area (Å²) in [6.07, 6.45) is 6.43. The number of anilines is 2. The number of hydrogen-bond donors (Lipinski definition) is 1. The summed E-state index contributed by atoms with van der Waals surface area (Å²) in [5.74, 6) is 0.436. The van der Waals surface area contributed by atoms with Gasteiger partial charge in [0.2, 0.25) is 5.91 Å². The van der Waals surface area contributed by atoms with Gasteiger partial charge in [0.15, 0.2) is 9.84 Å². The molecular formula is C23H24N4O3S. The van der Waals surface area contributed by atoms with Gasteiger partial charge in [-0.2, -0.15) is 0 Å². The van der Waals surface area contributed by atoms with Gasteiger partial charge in [0.05, 0.1) is 16.8 Å². The second-order valence-electron chi connectivity index (χ2n) is 7.54. The van der Waals surface area contributed by atoms with Crippen molar-refractivity contribution in [1.82, 2.24) is 9.97 Å². The lowest BCUT2D eigenvalue weighted by Gasteiger charge is -2.32. The predicted molar refractivity (Wildman–Crippen MR) is 119 cm³/mol. The fraction of sp³-hybridized carbons (Fsp3) is 0.261. The molecule has 0 spiro atoms. The molecule has 1 aliphatic heterocycles. The highest BCUT2D eigenvalue weighted by Crippen LogP contribution is 2.25. The molecule has 1 aliphatic rings. The average Bonchev–Trinajstić information content (AvgIpc) is 2.81. The van der Waals surface area contributed by atoms with Crippen LogP contribution in [0.2, 0.25) is 0 Å². The fourth-order valence-corrected chi connectivity index (χ4v) is 5.14. The number of hydrogen-bond acceptors (Lipinski definition) is 6. The lowest BCUT2D eigenvalue weighted by atomic mass is 9.95. The van der Waals surface area contributed by atoms with Crippen LogP contribution in [0.5, 0.6) is 0 Å². The number of piperidine rings is 1. The molecule has 1 saturated heterocycles. The van der Waals surface area contributed by atoms with Crippen LogP contribution in [0, 0.1) is 5.92 Å². The highest BCUT2D eigenvalue weighted by molar-refractivity contribution is 7.90. The monoisotopic (exact) mass is 436 g/mol. The van der Waals surface area contributed by atoms with Crippen LogP contribution in [0.3, 0.4) is 0 Å². The Hall–Kier alpha value is -3.26. The minimum atomic E-state index is -3.51. The van der Waals surface area contributed by atoms with E-state index in [1.807, 2.05) is 0 Å². The molecule has 2 aromatic carbocycles. The van der Waals surface area contributed by atoms with Gasteiger partial charge in [0.1, 0.15) is 5.82 Å². The third-order valence-electron chi connectivity index (χ3n) is 5.46. The molecule has 1 N–H and O–H groups in total. The lowest BCUT2D eigenvalue weighted by molar-refractivity contribution is -0.120. The van der Waals surface area contributed by atoms with Crippen LogP contribution in [0.15, 0.2) is 78.1 Å². The smallest absolute Gasteiger partial charge is 0.227 e. The summed E-state index contributed by atoms with van der Waals surface area (Å²) in [5, 5.41) is 2.96. The number of nitrogens with one attached hydrogen (secondary N) is 1. The Bertz CT molecular complexity index is 1130. The largest absolute Gasteiger partial charge is 0.355 e. The Balaban J connectivity index is 1.42. The molecule has 4 rings (SSSR count). The first-order valence-corrected chi connectivity index (χ1v) is 11.9. The lowest BCUT2D eigenvalue weighted by Crippen LogP contribution is -2.38. The molecule has 3 aromatic rings. The molecule has 2 heterocycles. The van der Waals surface area contributed by atoms with Gasteiger partial charge in [0, 0.05) is 37.1 Å². The van der Waals surface area contributed by atoms with E-state index in [2.05, 4.69) is 20.2 Å². The van der Waals surface area contributed by atoms with E-state index in [9.17, 15) is 13.2 Å². The van der Waals surface area contributed by atoms with Gasteiger partial charge >= 0.3 is 0 Å². The molecule has 1 fully saturated rings. The molecule has 31 heavy (non-hydrogen) atoms. The summed E-state index contributed by atoms with van der Waals surface area (Å²) in [5.41, 5.74) is 1.13. The van der Waals surface area contributed by atoms with Crippen molar-refractivity contribution in [2.75, 3.05) is 23.3 Å². The summed E-state index contributed by atoms with van der Waals surface area (Å²) < 4.78 is 25.6. The molecule has 7 nitrogen and oxygen atoms in total. The van der Waals surface area contributed by atoms with Crippen LogP contribution in [0.25, 0.3) is 0 Å². The quantitative estimate of drug-likeness (QED) is 0.637. The first-order valence-electron chi connectivity index (χ1n) is 10.2. The summed E-state index contributed by atoms with van der Waals surface area (Å²) in [6.45, 7) is 1.45. The number of rotatable bonds is 6. The Morgan fingerprint density at radius 1 is 1.00 bits per heavy atom. The van der Waals surface area contributed by atoms with E-state index in [1.54, 1.807) is 73.2 Å². The second kappa shape index (κ2) is 9.26. The molecule has 0 atom stereocenters. The normalized spacial score (nSPS) is 14.9.